The molecule has 1 aromatic carbocycles. The van der Waals surface area contributed by atoms with Crippen molar-refractivity contribution in [1.29, 1.82) is 0 Å². The number of ether oxygens (including phenoxy) is 2. The van der Waals surface area contributed by atoms with Crippen molar-refractivity contribution in [3.05, 3.63) is 51.9 Å². The number of benzene rings is 1. The Balaban J connectivity index is 1.65. The van der Waals surface area contributed by atoms with Crippen LogP contribution < -0.4 is 4.74 Å². The van der Waals surface area contributed by atoms with Crippen LogP contribution in [-0.4, -0.2) is 37.2 Å². The smallest absolute Gasteiger partial charge is 0.290 e. The summed E-state index contributed by atoms with van der Waals surface area (Å²) in [5.41, 5.74) is 1.54. The zero-order valence-electron chi connectivity index (χ0n) is 15.6. The summed E-state index contributed by atoms with van der Waals surface area (Å²) in [4.78, 5) is 16.4. The van der Waals surface area contributed by atoms with E-state index < -0.39 is 0 Å². The quantitative estimate of drug-likeness (QED) is 0.621. The molecule has 1 atom stereocenters. The summed E-state index contributed by atoms with van der Waals surface area (Å²) in [5.74, 6) is 1.06. The maximum Gasteiger partial charge on any atom is 0.290 e. The molecule has 1 aliphatic heterocycles. The molecule has 4 rings (SSSR count). The van der Waals surface area contributed by atoms with Gasteiger partial charge in [-0.15, -0.1) is 11.3 Å². The Morgan fingerprint density at radius 1 is 1.37 bits per heavy atom. The van der Waals surface area contributed by atoms with Gasteiger partial charge in [0.05, 0.1) is 19.8 Å². The Morgan fingerprint density at radius 3 is 2.96 bits per heavy atom. The predicted molar refractivity (Wildman–Crippen MR) is 106 cm³/mol. The Kier molecular flexibility index (Phi) is 5.18. The Morgan fingerprint density at radius 2 is 2.26 bits per heavy atom. The van der Waals surface area contributed by atoms with Gasteiger partial charge >= 0.3 is 0 Å². The lowest BCUT2D eigenvalue weighted by Crippen LogP contribution is -2.36. The van der Waals surface area contributed by atoms with Crippen molar-refractivity contribution >= 4 is 28.2 Å². The molecule has 0 aliphatic carbocycles. The standard InChI is InChI=1S/C21H23NO4S/c1-14-18-11-15(24-2)7-8-19(18)26-20(14)21(23)22(12-16-5-3-9-25-16)13-17-6-4-10-27-17/h4,6-8,10-11,16H,3,5,9,12-13H2,1-2H3/t16-/m1/s1. The third-order valence-corrected chi connectivity index (χ3v) is 5.86. The Bertz CT molecular complexity index is 925. The van der Waals surface area contributed by atoms with Gasteiger partial charge in [-0.2, -0.15) is 0 Å². The van der Waals surface area contributed by atoms with Crippen LogP contribution in [-0.2, 0) is 11.3 Å². The number of carbonyl (C=O) groups is 1. The van der Waals surface area contributed by atoms with Crippen LogP contribution >= 0.6 is 11.3 Å². The zero-order chi connectivity index (χ0) is 18.8. The van der Waals surface area contributed by atoms with Gasteiger partial charge in [-0.05, 0) is 49.4 Å². The van der Waals surface area contributed by atoms with Crippen LogP contribution in [0.4, 0.5) is 0 Å². The second-order valence-corrected chi connectivity index (χ2v) is 7.85. The van der Waals surface area contributed by atoms with E-state index in [1.807, 2.05) is 41.5 Å². The molecule has 0 radical (unpaired) electrons. The molecule has 1 amide bonds. The van der Waals surface area contributed by atoms with Gasteiger partial charge < -0.3 is 18.8 Å². The van der Waals surface area contributed by atoms with Gasteiger partial charge in [0.2, 0.25) is 0 Å². The molecule has 0 saturated carbocycles. The predicted octanol–water partition coefficient (Wildman–Crippen LogP) is 4.63. The first kappa shape index (κ1) is 18.1. The topological polar surface area (TPSA) is 51.9 Å². The third kappa shape index (κ3) is 3.73. The maximum atomic E-state index is 13.4. The van der Waals surface area contributed by atoms with E-state index in [-0.39, 0.29) is 12.0 Å². The Labute approximate surface area is 162 Å². The highest BCUT2D eigenvalue weighted by molar-refractivity contribution is 7.09. The van der Waals surface area contributed by atoms with E-state index in [0.717, 1.165) is 41.0 Å². The first-order valence-corrected chi connectivity index (χ1v) is 10.0. The van der Waals surface area contributed by atoms with Crippen LogP contribution in [0.2, 0.25) is 0 Å². The van der Waals surface area contributed by atoms with Crippen LogP contribution in [0.25, 0.3) is 11.0 Å². The molecule has 0 N–H and O–H groups in total. The number of hydrogen-bond acceptors (Lipinski definition) is 5. The van der Waals surface area contributed by atoms with Gasteiger partial charge in [-0.3, -0.25) is 4.79 Å². The summed E-state index contributed by atoms with van der Waals surface area (Å²) >= 11 is 1.65. The summed E-state index contributed by atoms with van der Waals surface area (Å²) in [6.45, 7) is 3.84. The van der Waals surface area contributed by atoms with Crippen molar-refractivity contribution in [2.24, 2.45) is 0 Å². The van der Waals surface area contributed by atoms with Crippen LogP contribution in [0.1, 0.15) is 33.8 Å². The molecule has 0 bridgehead atoms. The van der Waals surface area contributed by atoms with E-state index >= 15 is 0 Å². The number of carbonyl (C=O) groups excluding carboxylic acids is 1. The molecule has 5 nitrogen and oxygen atoms in total. The van der Waals surface area contributed by atoms with E-state index in [4.69, 9.17) is 13.9 Å². The van der Waals surface area contributed by atoms with Crippen LogP contribution in [0.5, 0.6) is 5.75 Å². The average Bonchev–Trinajstić information content (AvgIpc) is 3.43. The fourth-order valence-corrected chi connectivity index (χ4v) is 4.24. The molecule has 27 heavy (non-hydrogen) atoms. The van der Waals surface area contributed by atoms with E-state index in [1.165, 1.54) is 0 Å². The van der Waals surface area contributed by atoms with Gasteiger partial charge in [-0.25, -0.2) is 0 Å². The van der Waals surface area contributed by atoms with Gasteiger partial charge in [0.1, 0.15) is 11.3 Å². The second-order valence-electron chi connectivity index (χ2n) is 6.82. The molecule has 142 valence electrons. The van der Waals surface area contributed by atoms with E-state index in [1.54, 1.807) is 18.4 Å². The molecule has 1 saturated heterocycles. The van der Waals surface area contributed by atoms with Crippen LogP contribution in [0.15, 0.2) is 40.1 Å². The molecule has 6 heteroatoms. The monoisotopic (exact) mass is 385 g/mol. The van der Waals surface area contributed by atoms with Crippen molar-refractivity contribution in [3.63, 3.8) is 0 Å². The number of thiophene rings is 1. The number of hydrogen-bond donors (Lipinski definition) is 0. The minimum absolute atomic E-state index is 0.0911. The molecule has 3 heterocycles. The number of fused-ring (bicyclic) bond motifs is 1. The fraction of sp³-hybridized carbons (Fsp3) is 0.381. The number of aryl methyl sites for hydroxylation is 1. The lowest BCUT2D eigenvalue weighted by molar-refractivity contribution is 0.0487. The highest BCUT2D eigenvalue weighted by atomic mass is 32.1. The summed E-state index contributed by atoms with van der Waals surface area (Å²) < 4.78 is 17.0. The molecule has 3 aromatic rings. The number of rotatable bonds is 6. The maximum absolute atomic E-state index is 13.4. The number of amides is 1. The SMILES string of the molecule is COc1ccc2oc(C(=O)N(Cc3cccs3)C[C@H]3CCCO3)c(C)c2c1. The summed E-state index contributed by atoms with van der Waals surface area (Å²) in [5, 5.41) is 2.94. The average molecular weight is 385 g/mol. The lowest BCUT2D eigenvalue weighted by Gasteiger charge is -2.24. The summed E-state index contributed by atoms with van der Waals surface area (Å²) in [6.07, 6.45) is 2.14. The van der Waals surface area contributed by atoms with Crippen molar-refractivity contribution < 1.29 is 18.7 Å². The second kappa shape index (κ2) is 7.74. The highest BCUT2D eigenvalue weighted by Crippen LogP contribution is 2.30. The van der Waals surface area contributed by atoms with Crippen LogP contribution in [0, 0.1) is 6.92 Å². The van der Waals surface area contributed by atoms with Crippen molar-refractivity contribution in [2.75, 3.05) is 20.3 Å². The van der Waals surface area contributed by atoms with E-state index in [0.29, 0.717) is 24.4 Å². The molecule has 0 spiro atoms. The van der Waals surface area contributed by atoms with Gasteiger partial charge in [0.25, 0.3) is 5.91 Å². The lowest BCUT2D eigenvalue weighted by atomic mass is 10.1. The van der Waals surface area contributed by atoms with Crippen molar-refractivity contribution in [3.8, 4) is 5.75 Å². The third-order valence-electron chi connectivity index (χ3n) is 5.00. The molecule has 1 fully saturated rings. The molecule has 2 aromatic heterocycles. The van der Waals surface area contributed by atoms with Gasteiger partial charge in [-0.1, -0.05) is 6.07 Å². The summed E-state index contributed by atoms with van der Waals surface area (Å²) in [7, 11) is 1.63. The molecular formula is C21H23NO4S. The van der Waals surface area contributed by atoms with E-state index in [9.17, 15) is 4.79 Å². The van der Waals surface area contributed by atoms with Crippen LogP contribution in [0.3, 0.4) is 0 Å². The highest BCUT2D eigenvalue weighted by Gasteiger charge is 2.27. The zero-order valence-corrected chi connectivity index (χ0v) is 16.4. The normalized spacial score (nSPS) is 16.7. The molecule has 1 aliphatic rings. The Hall–Kier alpha value is -2.31. The van der Waals surface area contributed by atoms with Crippen molar-refractivity contribution in [1.82, 2.24) is 4.90 Å². The molecular weight excluding hydrogens is 362 g/mol. The van der Waals surface area contributed by atoms with E-state index in [2.05, 4.69) is 6.07 Å². The first-order valence-electron chi connectivity index (χ1n) is 9.16. The minimum atomic E-state index is -0.0911. The first-order chi connectivity index (χ1) is 13.2. The van der Waals surface area contributed by atoms with Crippen molar-refractivity contribution in [2.45, 2.75) is 32.4 Å². The largest absolute Gasteiger partial charge is 0.497 e. The number of furan rings is 1. The fourth-order valence-electron chi connectivity index (χ4n) is 3.52. The van der Waals surface area contributed by atoms with Gasteiger partial charge in [0, 0.05) is 29.0 Å². The number of nitrogens with zero attached hydrogens (tertiary/aromatic N) is 1. The molecule has 0 unspecified atom stereocenters. The minimum Gasteiger partial charge on any atom is -0.497 e. The number of methoxy groups -OCH3 is 1. The summed E-state index contributed by atoms with van der Waals surface area (Å²) in [6, 6.07) is 9.66. The van der Waals surface area contributed by atoms with Gasteiger partial charge in [0.15, 0.2) is 5.76 Å².